The van der Waals surface area contributed by atoms with Crippen LogP contribution in [0.15, 0.2) is 24.3 Å². The summed E-state index contributed by atoms with van der Waals surface area (Å²) in [6, 6.07) is 2.75. The molecule has 0 spiro atoms. The maximum absolute atomic E-state index is 12.5. The minimum atomic E-state index is -4.45. The number of urea groups is 1. The van der Waals surface area contributed by atoms with E-state index in [1.165, 1.54) is 12.1 Å². The van der Waals surface area contributed by atoms with Crippen LogP contribution in [-0.2, 0) is 17.5 Å². The number of benzene rings is 1. The fourth-order valence-electron chi connectivity index (χ4n) is 1.59. The van der Waals surface area contributed by atoms with Crippen LogP contribution in [0.25, 0.3) is 0 Å². The Morgan fingerprint density at radius 1 is 1.33 bits per heavy atom. The van der Waals surface area contributed by atoms with Crippen molar-refractivity contribution >= 4 is 12.0 Å². The van der Waals surface area contributed by atoms with Crippen molar-refractivity contribution in [2.75, 3.05) is 0 Å². The lowest BCUT2D eigenvalue weighted by atomic mass is 10.1. The summed E-state index contributed by atoms with van der Waals surface area (Å²) in [5.41, 5.74) is -0.539. The lowest BCUT2D eigenvalue weighted by molar-refractivity contribution is -0.139. The third-order valence-corrected chi connectivity index (χ3v) is 2.72. The van der Waals surface area contributed by atoms with Crippen LogP contribution in [0.3, 0.4) is 0 Å². The first-order valence-electron chi connectivity index (χ1n) is 6.17. The Kier molecular flexibility index (Phi) is 5.57. The van der Waals surface area contributed by atoms with Crippen LogP contribution in [0, 0.1) is 0 Å². The van der Waals surface area contributed by atoms with Gasteiger partial charge in [-0.25, -0.2) is 9.59 Å². The molecule has 2 amide bonds. The van der Waals surface area contributed by atoms with Crippen LogP contribution in [0.4, 0.5) is 18.0 Å². The Morgan fingerprint density at radius 2 is 2.00 bits per heavy atom. The van der Waals surface area contributed by atoms with E-state index in [9.17, 15) is 22.8 Å². The van der Waals surface area contributed by atoms with Crippen LogP contribution in [0.1, 0.15) is 24.5 Å². The van der Waals surface area contributed by atoms with Crippen molar-refractivity contribution in [3.8, 4) is 0 Å². The summed E-state index contributed by atoms with van der Waals surface area (Å²) in [5, 5.41) is 13.3. The topological polar surface area (TPSA) is 78.4 Å². The van der Waals surface area contributed by atoms with Crippen molar-refractivity contribution in [1.29, 1.82) is 0 Å². The lowest BCUT2D eigenvalue weighted by Crippen LogP contribution is -2.45. The number of carboxylic acid groups (broad SMARTS) is 1. The molecule has 5 nitrogen and oxygen atoms in total. The van der Waals surface area contributed by atoms with Gasteiger partial charge in [0.05, 0.1) is 5.56 Å². The molecule has 0 heterocycles. The first-order valence-corrected chi connectivity index (χ1v) is 6.17. The minimum absolute atomic E-state index is 0.133. The average Bonchev–Trinajstić information content (AvgIpc) is 2.41. The van der Waals surface area contributed by atoms with E-state index in [2.05, 4.69) is 10.6 Å². The van der Waals surface area contributed by atoms with Crippen molar-refractivity contribution in [2.24, 2.45) is 0 Å². The van der Waals surface area contributed by atoms with Crippen molar-refractivity contribution in [3.63, 3.8) is 0 Å². The van der Waals surface area contributed by atoms with Crippen LogP contribution < -0.4 is 10.6 Å². The maximum atomic E-state index is 12.5. The summed E-state index contributed by atoms with van der Waals surface area (Å²) in [6.45, 7) is 1.46. The summed E-state index contributed by atoms with van der Waals surface area (Å²) in [6.07, 6.45) is -4.25. The second-order valence-corrected chi connectivity index (χ2v) is 4.32. The van der Waals surface area contributed by atoms with E-state index < -0.39 is 29.8 Å². The van der Waals surface area contributed by atoms with E-state index in [-0.39, 0.29) is 18.5 Å². The predicted octanol–water partition coefficient (Wildman–Crippen LogP) is 2.37. The number of alkyl halides is 3. The van der Waals surface area contributed by atoms with Gasteiger partial charge in [0.25, 0.3) is 0 Å². The fourth-order valence-corrected chi connectivity index (χ4v) is 1.59. The fraction of sp³-hybridized carbons (Fsp3) is 0.385. The number of nitrogens with one attached hydrogen (secondary N) is 2. The van der Waals surface area contributed by atoms with Gasteiger partial charge in [-0.2, -0.15) is 13.2 Å². The average molecular weight is 304 g/mol. The van der Waals surface area contributed by atoms with Gasteiger partial charge in [0.1, 0.15) is 6.04 Å². The van der Waals surface area contributed by atoms with Crippen molar-refractivity contribution in [1.82, 2.24) is 10.6 Å². The normalized spacial score (nSPS) is 12.6. The van der Waals surface area contributed by atoms with Gasteiger partial charge in [-0.05, 0) is 24.1 Å². The molecule has 0 aliphatic carbocycles. The molecule has 0 unspecified atom stereocenters. The number of carbonyl (C=O) groups excluding carboxylic acids is 1. The van der Waals surface area contributed by atoms with Gasteiger partial charge in [0.15, 0.2) is 0 Å². The van der Waals surface area contributed by atoms with Crippen LogP contribution in [-0.4, -0.2) is 23.1 Å². The number of hydrogen-bond acceptors (Lipinski definition) is 2. The standard InChI is InChI=1S/C13H15F3N2O3/c1-2-10(11(19)20)18-12(21)17-7-8-4-3-5-9(6-8)13(14,15)16/h3-6,10H,2,7H2,1H3,(H,19,20)(H2,17,18,21)/t10-/m1/s1. The second-order valence-electron chi connectivity index (χ2n) is 4.32. The van der Waals surface area contributed by atoms with Gasteiger partial charge in [0, 0.05) is 6.54 Å². The molecule has 116 valence electrons. The highest BCUT2D eigenvalue weighted by Crippen LogP contribution is 2.29. The highest BCUT2D eigenvalue weighted by atomic mass is 19.4. The highest BCUT2D eigenvalue weighted by molar-refractivity contribution is 5.82. The zero-order valence-electron chi connectivity index (χ0n) is 11.2. The zero-order chi connectivity index (χ0) is 16.0. The molecular formula is C13H15F3N2O3. The molecule has 1 atom stereocenters. The summed E-state index contributed by atoms with van der Waals surface area (Å²) >= 11 is 0. The Hall–Kier alpha value is -2.25. The molecule has 0 saturated carbocycles. The molecule has 0 fully saturated rings. The minimum Gasteiger partial charge on any atom is -0.480 e. The highest BCUT2D eigenvalue weighted by Gasteiger charge is 2.30. The molecule has 0 bridgehead atoms. The number of aliphatic carboxylic acids is 1. The number of halogens is 3. The Balaban J connectivity index is 2.59. The monoisotopic (exact) mass is 304 g/mol. The van der Waals surface area contributed by atoms with Crippen LogP contribution in [0.5, 0.6) is 0 Å². The number of rotatable bonds is 5. The zero-order valence-corrected chi connectivity index (χ0v) is 11.2. The molecule has 1 aromatic carbocycles. The largest absolute Gasteiger partial charge is 0.480 e. The maximum Gasteiger partial charge on any atom is 0.416 e. The number of hydrogen-bond donors (Lipinski definition) is 3. The Labute approximate surface area is 119 Å². The molecule has 0 aliphatic rings. The Bertz CT molecular complexity index is 518. The quantitative estimate of drug-likeness (QED) is 0.781. The van der Waals surface area contributed by atoms with Gasteiger partial charge >= 0.3 is 18.2 Å². The van der Waals surface area contributed by atoms with E-state index in [4.69, 9.17) is 5.11 Å². The smallest absolute Gasteiger partial charge is 0.416 e. The van der Waals surface area contributed by atoms with Crippen LogP contribution in [0.2, 0.25) is 0 Å². The van der Waals surface area contributed by atoms with Gasteiger partial charge in [-0.15, -0.1) is 0 Å². The molecule has 0 aliphatic heterocycles. The molecule has 1 rings (SSSR count). The molecule has 21 heavy (non-hydrogen) atoms. The molecule has 0 radical (unpaired) electrons. The second kappa shape index (κ2) is 6.96. The van der Waals surface area contributed by atoms with E-state index in [1.54, 1.807) is 6.92 Å². The van der Waals surface area contributed by atoms with Gasteiger partial charge < -0.3 is 15.7 Å². The lowest BCUT2D eigenvalue weighted by Gasteiger charge is -2.13. The molecular weight excluding hydrogens is 289 g/mol. The molecule has 8 heteroatoms. The number of amides is 2. The number of carbonyl (C=O) groups is 2. The molecule has 0 aromatic heterocycles. The third-order valence-electron chi connectivity index (χ3n) is 2.72. The van der Waals surface area contributed by atoms with Crippen molar-refractivity contribution < 1.29 is 27.9 Å². The van der Waals surface area contributed by atoms with E-state index in [0.717, 1.165) is 12.1 Å². The van der Waals surface area contributed by atoms with Gasteiger partial charge in [-0.1, -0.05) is 19.1 Å². The third kappa shape index (κ3) is 5.33. The van der Waals surface area contributed by atoms with Crippen molar-refractivity contribution in [2.45, 2.75) is 32.1 Å². The summed E-state index contributed by atoms with van der Waals surface area (Å²) < 4.78 is 37.5. The summed E-state index contributed by atoms with van der Waals surface area (Å²) in [7, 11) is 0. The van der Waals surface area contributed by atoms with Gasteiger partial charge in [-0.3, -0.25) is 0 Å². The van der Waals surface area contributed by atoms with Crippen molar-refractivity contribution in [3.05, 3.63) is 35.4 Å². The first-order chi connectivity index (χ1) is 9.74. The number of carboxylic acids is 1. The molecule has 1 aromatic rings. The SMILES string of the molecule is CC[C@@H](NC(=O)NCc1cccc(C(F)(F)F)c1)C(=O)O. The summed E-state index contributed by atoms with van der Waals surface area (Å²) in [4.78, 5) is 22.2. The van der Waals surface area contributed by atoms with Crippen LogP contribution >= 0.6 is 0 Å². The van der Waals surface area contributed by atoms with Gasteiger partial charge in [0.2, 0.25) is 0 Å². The van der Waals surface area contributed by atoms with E-state index in [0.29, 0.717) is 0 Å². The van der Waals surface area contributed by atoms with E-state index >= 15 is 0 Å². The molecule has 3 N–H and O–H groups in total. The molecule has 0 saturated heterocycles. The van der Waals surface area contributed by atoms with E-state index in [1.807, 2.05) is 0 Å². The first kappa shape index (κ1) is 16.8. The predicted molar refractivity (Wildman–Crippen MR) is 68.5 cm³/mol. The Morgan fingerprint density at radius 3 is 2.52 bits per heavy atom. The summed E-state index contributed by atoms with van der Waals surface area (Å²) in [5.74, 6) is -1.17.